The van der Waals surface area contributed by atoms with Gasteiger partial charge in [0, 0.05) is 18.7 Å². The number of hydrogen-bond acceptors (Lipinski definition) is 4. The summed E-state index contributed by atoms with van der Waals surface area (Å²) in [5.41, 5.74) is 5.87. The lowest BCUT2D eigenvalue weighted by Gasteiger charge is -2.19. The largest absolute Gasteiger partial charge is 0.493 e. The van der Waals surface area contributed by atoms with E-state index in [-0.39, 0.29) is 23.8 Å². The van der Waals surface area contributed by atoms with Crippen molar-refractivity contribution in [1.82, 2.24) is 4.90 Å². The lowest BCUT2D eigenvalue weighted by molar-refractivity contribution is -0.121. The van der Waals surface area contributed by atoms with E-state index in [0.29, 0.717) is 36.6 Å². The molecule has 1 atom stereocenters. The molecule has 6 heteroatoms. The van der Waals surface area contributed by atoms with Gasteiger partial charge in [-0.1, -0.05) is 0 Å². The first-order valence-corrected chi connectivity index (χ1v) is 8.51. The highest BCUT2D eigenvalue weighted by atomic mass is 16.5. The van der Waals surface area contributed by atoms with E-state index < -0.39 is 0 Å². The summed E-state index contributed by atoms with van der Waals surface area (Å²) in [6.45, 7) is 0.936. The Labute approximate surface area is 141 Å². The van der Waals surface area contributed by atoms with Gasteiger partial charge in [-0.2, -0.15) is 0 Å². The molecule has 2 fully saturated rings. The van der Waals surface area contributed by atoms with Gasteiger partial charge in [0.05, 0.1) is 19.1 Å². The zero-order valence-electron chi connectivity index (χ0n) is 14.0. The van der Waals surface area contributed by atoms with Crippen LogP contribution < -0.4 is 15.2 Å². The molecule has 0 bridgehead atoms. The van der Waals surface area contributed by atoms with Crippen LogP contribution in [0, 0.1) is 5.92 Å². The molecule has 6 nitrogen and oxygen atoms in total. The van der Waals surface area contributed by atoms with Crippen LogP contribution in [0.25, 0.3) is 0 Å². The van der Waals surface area contributed by atoms with E-state index >= 15 is 0 Å². The Kier molecular flexibility index (Phi) is 4.92. The van der Waals surface area contributed by atoms with E-state index in [1.165, 1.54) is 12.8 Å². The van der Waals surface area contributed by atoms with Crippen LogP contribution in [0.4, 0.5) is 0 Å². The number of carbonyl (C=O) groups excluding carboxylic acids is 2. The monoisotopic (exact) mass is 332 g/mol. The number of nitrogens with zero attached hydrogens (tertiary/aromatic N) is 1. The molecule has 1 saturated carbocycles. The molecule has 0 unspecified atom stereocenters. The van der Waals surface area contributed by atoms with Crippen LogP contribution in [0.2, 0.25) is 0 Å². The summed E-state index contributed by atoms with van der Waals surface area (Å²) >= 11 is 0. The average Bonchev–Trinajstić information content (AvgIpc) is 3.26. The Morgan fingerprint density at radius 3 is 2.54 bits per heavy atom. The quantitative estimate of drug-likeness (QED) is 0.893. The minimum absolute atomic E-state index is 0.107. The fraction of sp³-hybridized carbons (Fsp3) is 0.556. The maximum Gasteiger partial charge on any atom is 0.254 e. The van der Waals surface area contributed by atoms with Crippen molar-refractivity contribution < 1.29 is 19.1 Å². The molecule has 3 rings (SSSR count). The number of carbonyl (C=O) groups is 2. The second-order valence-corrected chi connectivity index (χ2v) is 6.53. The second-order valence-electron chi connectivity index (χ2n) is 6.53. The van der Waals surface area contributed by atoms with Crippen LogP contribution >= 0.6 is 0 Å². The van der Waals surface area contributed by atoms with Crippen LogP contribution in [0.15, 0.2) is 18.2 Å². The lowest BCUT2D eigenvalue weighted by Crippen LogP contribution is -2.31. The second kappa shape index (κ2) is 7.11. The van der Waals surface area contributed by atoms with Crippen LogP contribution in [0.5, 0.6) is 11.5 Å². The number of benzene rings is 1. The minimum atomic E-state index is -0.344. The van der Waals surface area contributed by atoms with Crippen molar-refractivity contribution in [3.05, 3.63) is 23.8 Å². The molecule has 0 radical (unpaired) electrons. The fourth-order valence-electron chi connectivity index (χ4n) is 3.44. The molecular formula is C18H24N2O4. The summed E-state index contributed by atoms with van der Waals surface area (Å²) in [6, 6.07) is 5.27. The Hall–Kier alpha value is -2.24. The average molecular weight is 332 g/mol. The fourth-order valence-corrected chi connectivity index (χ4v) is 3.44. The molecule has 130 valence electrons. The van der Waals surface area contributed by atoms with Crippen LogP contribution in [0.3, 0.4) is 0 Å². The number of ether oxygens (including phenoxy) is 2. The van der Waals surface area contributed by atoms with Crippen LogP contribution in [-0.2, 0) is 4.79 Å². The van der Waals surface area contributed by atoms with Gasteiger partial charge in [-0.3, -0.25) is 9.59 Å². The topological polar surface area (TPSA) is 81.9 Å². The predicted octanol–water partition coefficient (Wildman–Crippen LogP) is 1.96. The summed E-state index contributed by atoms with van der Waals surface area (Å²) in [7, 11) is 1.57. The molecule has 0 spiro atoms. The summed E-state index contributed by atoms with van der Waals surface area (Å²) < 4.78 is 11.4. The molecule has 1 aliphatic carbocycles. The zero-order valence-corrected chi connectivity index (χ0v) is 14.0. The maximum atomic E-state index is 12.6. The van der Waals surface area contributed by atoms with E-state index in [1.807, 2.05) is 0 Å². The van der Waals surface area contributed by atoms with E-state index in [2.05, 4.69) is 0 Å². The molecule has 1 aromatic carbocycles. The normalized spacial score (nSPS) is 21.0. The van der Waals surface area contributed by atoms with Gasteiger partial charge in [-0.15, -0.1) is 0 Å². The Bertz CT molecular complexity index is 625. The molecular weight excluding hydrogens is 308 g/mol. The van der Waals surface area contributed by atoms with Gasteiger partial charge in [-0.25, -0.2) is 0 Å². The highest BCUT2D eigenvalue weighted by Gasteiger charge is 2.30. The van der Waals surface area contributed by atoms with E-state index in [1.54, 1.807) is 30.2 Å². The molecule has 1 heterocycles. The van der Waals surface area contributed by atoms with E-state index in [4.69, 9.17) is 15.2 Å². The number of primary amides is 1. The molecule has 2 N–H and O–H groups in total. The third-order valence-electron chi connectivity index (χ3n) is 4.88. The van der Waals surface area contributed by atoms with Crippen LogP contribution in [-0.4, -0.2) is 43.0 Å². The van der Waals surface area contributed by atoms with Crippen molar-refractivity contribution in [2.75, 3.05) is 20.2 Å². The minimum Gasteiger partial charge on any atom is -0.493 e. The molecule has 2 amide bonds. The number of methoxy groups -OCH3 is 1. The number of nitrogens with two attached hydrogens (primary N) is 1. The third kappa shape index (κ3) is 3.47. The zero-order chi connectivity index (χ0) is 17.1. The summed E-state index contributed by atoms with van der Waals surface area (Å²) in [5, 5.41) is 0. The first-order chi connectivity index (χ1) is 11.6. The van der Waals surface area contributed by atoms with Crippen LogP contribution in [0.1, 0.15) is 42.5 Å². The number of amides is 2. The highest BCUT2D eigenvalue weighted by Crippen LogP contribution is 2.33. The van der Waals surface area contributed by atoms with E-state index in [9.17, 15) is 9.59 Å². The summed E-state index contributed by atoms with van der Waals surface area (Å²) in [5.74, 6) is 0.546. The first-order valence-electron chi connectivity index (χ1n) is 8.51. The van der Waals surface area contributed by atoms with Gasteiger partial charge >= 0.3 is 0 Å². The molecule has 1 saturated heterocycles. The van der Waals surface area contributed by atoms with Gasteiger partial charge in [0.2, 0.25) is 5.91 Å². The molecule has 24 heavy (non-hydrogen) atoms. The molecule has 1 aliphatic heterocycles. The van der Waals surface area contributed by atoms with Gasteiger partial charge in [0.15, 0.2) is 11.5 Å². The van der Waals surface area contributed by atoms with Crippen molar-refractivity contribution in [2.24, 2.45) is 11.7 Å². The van der Waals surface area contributed by atoms with Gasteiger partial charge in [0.25, 0.3) is 5.91 Å². The molecule has 0 aromatic heterocycles. The predicted molar refractivity (Wildman–Crippen MR) is 89.1 cm³/mol. The summed E-state index contributed by atoms with van der Waals surface area (Å²) in [4.78, 5) is 25.5. The maximum absolute atomic E-state index is 12.6. The van der Waals surface area contributed by atoms with Crippen molar-refractivity contribution in [1.29, 1.82) is 0 Å². The number of hydrogen-bond donors (Lipinski definition) is 1. The Balaban J connectivity index is 1.71. The van der Waals surface area contributed by atoms with Gasteiger partial charge < -0.3 is 20.1 Å². The first kappa shape index (κ1) is 16.6. The highest BCUT2D eigenvalue weighted by molar-refractivity contribution is 5.95. The summed E-state index contributed by atoms with van der Waals surface area (Å²) in [6.07, 6.45) is 5.37. The van der Waals surface area contributed by atoms with Crippen molar-refractivity contribution in [3.8, 4) is 11.5 Å². The number of likely N-dealkylation sites (tertiary alicyclic amines) is 1. The van der Waals surface area contributed by atoms with Gasteiger partial charge in [-0.05, 0) is 50.3 Å². The third-order valence-corrected chi connectivity index (χ3v) is 4.88. The van der Waals surface area contributed by atoms with E-state index in [0.717, 1.165) is 12.8 Å². The van der Waals surface area contributed by atoms with Crippen molar-refractivity contribution >= 4 is 11.8 Å². The molecule has 2 aliphatic rings. The molecule has 1 aromatic rings. The SMILES string of the molecule is COc1cc(C(=O)N2CC[C@@H](C(N)=O)C2)ccc1OC1CCCC1. The standard InChI is InChI=1S/C18H24N2O4/c1-23-16-10-12(6-7-15(16)24-14-4-2-3-5-14)18(22)20-9-8-13(11-20)17(19)21/h6-7,10,13-14H,2-5,8-9,11H2,1H3,(H2,19,21)/t13-/m1/s1. The lowest BCUT2D eigenvalue weighted by atomic mass is 10.1. The van der Waals surface area contributed by atoms with Gasteiger partial charge in [0.1, 0.15) is 0 Å². The Morgan fingerprint density at radius 1 is 1.17 bits per heavy atom. The van der Waals surface area contributed by atoms with Crippen molar-refractivity contribution in [2.45, 2.75) is 38.2 Å². The number of rotatable bonds is 5. The smallest absolute Gasteiger partial charge is 0.254 e. The Morgan fingerprint density at radius 2 is 1.92 bits per heavy atom. The van der Waals surface area contributed by atoms with Crippen molar-refractivity contribution in [3.63, 3.8) is 0 Å².